The number of pyridine rings is 1. The lowest BCUT2D eigenvalue weighted by molar-refractivity contribution is -0.131. The van der Waals surface area contributed by atoms with Gasteiger partial charge in [0.15, 0.2) is 5.75 Å². The van der Waals surface area contributed by atoms with E-state index in [1.165, 1.54) is 27.4 Å². The molecule has 1 spiro atoms. The van der Waals surface area contributed by atoms with Crippen LogP contribution in [0.4, 0.5) is 0 Å². The molecular weight excluding hydrogens is 540 g/mol. The number of halogens is 1. The summed E-state index contributed by atoms with van der Waals surface area (Å²) in [6.45, 7) is 1.70. The van der Waals surface area contributed by atoms with Crippen LogP contribution in [0, 0.1) is 5.92 Å². The number of Topliss-reactive ketones (excluding diaryl/α,β-unsaturated/α-hetero) is 2. The Hall–Kier alpha value is -4.31. The number of amides is 1. The zero-order valence-corrected chi connectivity index (χ0v) is 22.9. The minimum absolute atomic E-state index is 0.000936. The maximum Gasteiger partial charge on any atom is 0.252 e. The molecule has 3 aliphatic rings. The number of rotatable bonds is 4. The summed E-state index contributed by atoms with van der Waals surface area (Å²) in [4.78, 5) is 57.5. The first-order valence-electron chi connectivity index (χ1n) is 12.6. The summed E-state index contributed by atoms with van der Waals surface area (Å²) >= 11 is 6.53. The van der Waals surface area contributed by atoms with Gasteiger partial charge in [-0.2, -0.15) is 0 Å². The highest BCUT2D eigenvalue weighted by atomic mass is 35.5. The maximum absolute atomic E-state index is 14.5. The first-order valence-corrected chi connectivity index (χ1v) is 13.0. The Kier molecular flexibility index (Phi) is 5.92. The second kappa shape index (κ2) is 9.12. The van der Waals surface area contributed by atoms with Crippen LogP contribution >= 0.6 is 11.6 Å². The van der Waals surface area contributed by atoms with E-state index >= 15 is 0 Å². The van der Waals surface area contributed by atoms with E-state index in [-0.39, 0.29) is 57.7 Å². The molecule has 0 saturated carbocycles. The molecule has 0 saturated heterocycles. The summed E-state index contributed by atoms with van der Waals surface area (Å²) in [7, 11) is 4.33. The number of hydrogen-bond acceptors (Lipinski definition) is 8. The van der Waals surface area contributed by atoms with Crippen molar-refractivity contribution in [2.24, 2.45) is 5.92 Å². The van der Waals surface area contributed by atoms with Gasteiger partial charge in [-0.15, -0.1) is 0 Å². The van der Waals surface area contributed by atoms with E-state index in [2.05, 4.69) is 10.3 Å². The zero-order chi connectivity index (χ0) is 28.5. The van der Waals surface area contributed by atoms with E-state index in [1.807, 2.05) is 0 Å². The Morgan fingerprint density at radius 3 is 2.40 bits per heavy atom. The molecule has 11 heteroatoms. The Morgan fingerprint density at radius 1 is 0.950 bits per heavy atom. The van der Waals surface area contributed by atoms with E-state index in [4.69, 9.17) is 30.5 Å². The van der Waals surface area contributed by atoms with Crippen molar-refractivity contribution in [2.75, 3.05) is 21.3 Å². The summed E-state index contributed by atoms with van der Waals surface area (Å²) in [6.07, 6.45) is 0.00160. The summed E-state index contributed by atoms with van der Waals surface area (Å²) in [5.41, 5.74) is -1.04. The molecule has 2 N–H and O–H groups in total. The number of aromatic nitrogens is 1. The molecular formula is C29H25ClN2O8. The van der Waals surface area contributed by atoms with Crippen LogP contribution in [0.25, 0.3) is 10.9 Å². The Morgan fingerprint density at radius 2 is 1.70 bits per heavy atom. The van der Waals surface area contributed by atoms with Crippen LogP contribution in [-0.2, 0) is 9.59 Å². The van der Waals surface area contributed by atoms with Gasteiger partial charge in [-0.05, 0) is 30.0 Å². The minimum Gasteiger partial charge on any atom is -0.497 e. The number of ether oxygens (including phenoxy) is 4. The Labute approximate surface area is 233 Å². The molecule has 0 unspecified atom stereocenters. The van der Waals surface area contributed by atoms with Crippen molar-refractivity contribution in [1.82, 2.24) is 10.3 Å². The van der Waals surface area contributed by atoms with E-state index < -0.39 is 34.6 Å². The number of carbonyl (C=O) groups excluding carboxylic acids is 3. The molecule has 0 fully saturated rings. The van der Waals surface area contributed by atoms with Crippen LogP contribution in [0.3, 0.4) is 0 Å². The number of hydrogen-bond donors (Lipinski definition) is 2. The van der Waals surface area contributed by atoms with Crippen molar-refractivity contribution >= 4 is 40.0 Å². The van der Waals surface area contributed by atoms with Crippen molar-refractivity contribution in [3.05, 3.63) is 68.1 Å². The third kappa shape index (κ3) is 3.48. The van der Waals surface area contributed by atoms with E-state index in [1.54, 1.807) is 31.2 Å². The van der Waals surface area contributed by atoms with E-state index in [0.717, 1.165) is 0 Å². The summed E-state index contributed by atoms with van der Waals surface area (Å²) in [6, 6.07) is 8.35. The molecule has 6 rings (SSSR count). The number of allylic oxidation sites excluding steroid dienone is 1. The fraction of sp³-hybridized carbons (Fsp3) is 0.310. The fourth-order valence-electron chi connectivity index (χ4n) is 6.04. The van der Waals surface area contributed by atoms with Crippen LogP contribution in [0.5, 0.6) is 23.0 Å². The number of ketones is 2. The topological polar surface area (TPSA) is 133 Å². The molecule has 3 aromatic rings. The van der Waals surface area contributed by atoms with Crippen molar-refractivity contribution in [2.45, 2.75) is 31.3 Å². The highest BCUT2D eigenvalue weighted by Crippen LogP contribution is 2.55. The largest absolute Gasteiger partial charge is 0.497 e. The summed E-state index contributed by atoms with van der Waals surface area (Å²) < 4.78 is 22.2. The molecule has 206 valence electrons. The third-order valence-electron chi connectivity index (χ3n) is 8.02. The van der Waals surface area contributed by atoms with E-state index in [0.29, 0.717) is 22.3 Å². The number of aromatic amines is 1. The quantitative estimate of drug-likeness (QED) is 0.458. The minimum atomic E-state index is -1.96. The van der Waals surface area contributed by atoms with Crippen LogP contribution in [-0.4, -0.2) is 49.4 Å². The lowest BCUT2D eigenvalue weighted by Gasteiger charge is -2.41. The molecule has 3 atom stereocenters. The first-order chi connectivity index (χ1) is 19.1. The van der Waals surface area contributed by atoms with Gasteiger partial charge in [0.25, 0.3) is 5.56 Å². The molecule has 40 heavy (non-hydrogen) atoms. The molecule has 10 nitrogen and oxygen atoms in total. The summed E-state index contributed by atoms with van der Waals surface area (Å²) in [5, 5.41) is 3.53. The lowest BCUT2D eigenvalue weighted by atomic mass is 9.66. The highest BCUT2D eigenvalue weighted by molar-refractivity contribution is 6.36. The summed E-state index contributed by atoms with van der Waals surface area (Å²) in [5.74, 6) is -2.17. The van der Waals surface area contributed by atoms with Gasteiger partial charge in [-0.25, -0.2) is 0 Å². The smallest absolute Gasteiger partial charge is 0.252 e. The second-order valence-corrected chi connectivity index (χ2v) is 10.5. The SMILES string of the molecule is COc1ccc2cc([C@@H]3CC(=O)NC4=C3C(=O)[C@@]3(Oc5c(Cl)c(OC)cc(OC)c5C3=O)[C@H](C)C4)c(=O)[nH]c2c1. The molecule has 1 aromatic heterocycles. The lowest BCUT2D eigenvalue weighted by Crippen LogP contribution is -2.59. The van der Waals surface area contributed by atoms with Gasteiger partial charge in [-0.1, -0.05) is 18.5 Å². The average Bonchev–Trinajstić information content (AvgIpc) is 3.25. The number of benzene rings is 2. The number of H-pyrrole nitrogens is 1. The van der Waals surface area contributed by atoms with Gasteiger partial charge in [0, 0.05) is 47.2 Å². The highest BCUT2D eigenvalue weighted by Gasteiger charge is 2.63. The van der Waals surface area contributed by atoms with Crippen molar-refractivity contribution in [3.8, 4) is 23.0 Å². The molecule has 3 heterocycles. The number of fused-ring (bicyclic) bond motifs is 2. The van der Waals surface area contributed by atoms with Gasteiger partial charge in [0.1, 0.15) is 27.8 Å². The number of methoxy groups -OCH3 is 3. The van der Waals surface area contributed by atoms with Crippen LogP contribution < -0.4 is 29.8 Å². The van der Waals surface area contributed by atoms with Gasteiger partial charge in [0.05, 0.1) is 26.8 Å². The van der Waals surface area contributed by atoms with Gasteiger partial charge in [0.2, 0.25) is 23.1 Å². The van der Waals surface area contributed by atoms with Gasteiger partial charge in [-0.3, -0.25) is 19.2 Å². The number of nitrogens with one attached hydrogen (secondary N) is 2. The van der Waals surface area contributed by atoms with E-state index in [9.17, 15) is 19.2 Å². The Bertz CT molecular complexity index is 1740. The molecule has 2 aliphatic heterocycles. The van der Waals surface area contributed by atoms with Gasteiger partial charge >= 0.3 is 0 Å². The second-order valence-electron chi connectivity index (χ2n) is 10.1. The standard InChI is InChI=1S/C29H25ClN2O8/c1-12-7-18-22(26(34)29(12)27(35)23-19(38-3)11-20(39-4)24(30)25(23)40-29)15(10-21(33)31-18)16-8-13-5-6-14(37-2)9-17(13)32-28(16)36/h5-6,8-9,11-12,15H,7,10H2,1-4H3,(H,31,33)(H,32,36)/t12-,15+,29+/m1/s1. The first kappa shape index (κ1) is 25.9. The monoisotopic (exact) mass is 564 g/mol. The number of carbonyl (C=O) groups is 3. The molecule has 0 bridgehead atoms. The molecule has 2 aromatic carbocycles. The van der Waals surface area contributed by atoms with Crippen LogP contribution in [0.2, 0.25) is 5.02 Å². The van der Waals surface area contributed by atoms with Crippen LogP contribution in [0.15, 0.2) is 46.4 Å². The normalized spacial score (nSPS) is 23.6. The Balaban J connectivity index is 1.51. The predicted molar refractivity (Wildman–Crippen MR) is 145 cm³/mol. The van der Waals surface area contributed by atoms with Gasteiger partial charge < -0.3 is 29.2 Å². The maximum atomic E-state index is 14.5. The van der Waals surface area contributed by atoms with Crippen LogP contribution in [0.1, 0.15) is 41.6 Å². The molecule has 1 aliphatic carbocycles. The average molecular weight is 565 g/mol. The molecule has 1 amide bonds. The van der Waals surface area contributed by atoms with Crippen molar-refractivity contribution in [3.63, 3.8) is 0 Å². The zero-order valence-electron chi connectivity index (χ0n) is 22.1. The van der Waals surface area contributed by atoms with Crippen molar-refractivity contribution < 1.29 is 33.3 Å². The molecule has 0 radical (unpaired) electrons. The van der Waals surface area contributed by atoms with Crippen molar-refractivity contribution in [1.29, 1.82) is 0 Å². The fourth-order valence-corrected chi connectivity index (χ4v) is 6.30. The third-order valence-corrected chi connectivity index (χ3v) is 8.37. The predicted octanol–water partition coefficient (Wildman–Crippen LogP) is 3.69.